The third-order valence-corrected chi connectivity index (χ3v) is 3.30. The fraction of sp³-hybridized carbons (Fsp3) is 0.471. The standard InChI is InChI=1S/C17H24N2O4/c1-2-7-14(17(23)18-11-6-10-16(21)22)19-15(20)12-13-8-4-3-5-9-13/h3-5,8-9,14H,2,6-7,10-12H2,1H3,(H,18,23)(H,19,20)(H,21,22). The first-order valence-corrected chi connectivity index (χ1v) is 7.85. The highest BCUT2D eigenvalue weighted by Crippen LogP contribution is 2.02. The van der Waals surface area contributed by atoms with E-state index in [0.29, 0.717) is 19.4 Å². The molecule has 0 aliphatic rings. The molecule has 126 valence electrons. The second kappa shape index (κ2) is 10.4. The number of carboxylic acids is 1. The van der Waals surface area contributed by atoms with Crippen molar-refractivity contribution in [2.45, 2.75) is 45.1 Å². The van der Waals surface area contributed by atoms with E-state index in [4.69, 9.17) is 5.11 Å². The second-order valence-electron chi connectivity index (χ2n) is 5.36. The van der Waals surface area contributed by atoms with Gasteiger partial charge in [0.25, 0.3) is 0 Å². The van der Waals surface area contributed by atoms with E-state index >= 15 is 0 Å². The number of carbonyl (C=O) groups excluding carboxylic acids is 2. The van der Waals surface area contributed by atoms with Crippen molar-refractivity contribution < 1.29 is 19.5 Å². The number of carbonyl (C=O) groups is 3. The van der Waals surface area contributed by atoms with Crippen molar-refractivity contribution in [3.05, 3.63) is 35.9 Å². The molecule has 1 unspecified atom stereocenters. The van der Waals surface area contributed by atoms with Crippen LogP contribution in [0.3, 0.4) is 0 Å². The lowest BCUT2D eigenvalue weighted by atomic mass is 10.1. The molecule has 0 aromatic heterocycles. The van der Waals surface area contributed by atoms with Gasteiger partial charge < -0.3 is 15.7 Å². The zero-order valence-corrected chi connectivity index (χ0v) is 13.4. The molecule has 0 saturated carbocycles. The number of nitrogens with one attached hydrogen (secondary N) is 2. The minimum Gasteiger partial charge on any atom is -0.481 e. The van der Waals surface area contributed by atoms with Crippen LogP contribution in [0.5, 0.6) is 0 Å². The molecule has 0 aliphatic carbocycles. The normalized spacial score (nSPS) is 11.5. The number of rotatable bonds is 10. The molecule has 0 spiro atoms. The van der Waals surface area contributed by atoms with Gasteiger partial charge in [-0.2, -0.15) is 0 Å². The van der Waals surface area contributed by atoms with Gasteiger partial charge in [0.15, 0.2) is 0 Å². The summed E-state index contributed by atoms with van der Waals surface area (Å²) in [4.78, 5) is 34.6. The van der Waals surface area contributed by atoms with Gasteiger partial charge in [0.1, 0.15) is 6.04 Å². The highest BCUT2D eigenvalue weighted by molar-refractivity contribution is 5.88. The van der Waals surface area contributed by atoms with Crippen molar-refractivity contribution in [2.75, 3.05) is 6.54 Å². The molecule has 2 amide bonds. The third-order valence-electron chi connectivity index (χ3n) is 3.30. The Balaban J connectivity index is 2.44. The Labute approximate surface area is 136 Å². The number of carboxylic acid groups (broad SMARTS) is 1. The molecule has 0 aliphatic heterocycles. The van der Waals surface area contributed by atoms with Crippen LogP contribution in [0, 0.1) is 0 Å². The Morgan fingerprint density at radius 2 is 1.87 bits per heavy atom. The van der Waals surface area contributed by atoms with Crippen LogP contribution in [0.15, 0.2) is 30.3 Å². The van der Waals surface area contributed by atoms with E-state index in [0.717, 1.165) is 12.0 Å². The van der Waals surface area contributed by atoms with E-state index in [2.05, 4.69) is 10.6 Å². The van der Waals surface area contributed by atoms with Crippen LogP contribution in [-0.2, 0) is 20.8 Å². The van der Waals surface area contributed by atoms with E-state index in [9.17, 15) is 14.4 Å². The monoisotopic (exact) mass is 320 g/mol. The van der Waals surface area contributed by atoms with Crippen LogP contribution < -0.4 is 10.6 Å². The van der Waals surface area contributed by atoms with Gasteiger partial charge in [-0.15, -0.1) is 0 Å². The molecular weight excluding hydrogens is 296 g/mol. The molecule has 0 heterocycles. The second-order valence-corrected chi connectivity index (χ2v) is 5.36. The number of hydrogen-bond donors (Lipinski definition) is 3. The summed E-state index contributed by atoms with van der Waals surface area (Å²) in [6.07, 6.45) is 1.93. The summed E-state index contributed by atoms with van der Waals surface area (Å²) >= 11 is 0. The van der Waals surface area contributed by atoms with Gasteiger partial charge in [-0.25, -0.2) is 0 Å². The lowest BCUT2D eigenvalue weighted by molar-refractivity contribution is -0.137. The van der Waals surface area contributed by atoms with Crippen LogP contribution in [0.2, 0.25) is 0 Å². The summed E-state index contributed by atoms with van der Waals surface area (Å²) in [7, 11) is 0. The first-order chi connectivity index (χ1) is 11.0. The molecule has 1 aromatic carbocycles. The SMILES string of the molecule is CCCC(NC(=O)Cc1ccccc1)C(=O)NCCCC(=O)O. The molecule has 3 N–H and O–H groups in total. The van der Waals surface area contributed by atoms with Gasteiger partial charge in [-0.1, -0.05) is 43.7 Å². The highest BCUT2D eigenvalue weighted by Gasteiger charge is 2.19. The summed E-state index contributed by atoms with van der Waals surface area (Å²) in [5.74, 6) is -1.35. The largest absolute Gasteiger partial charge is 0.481 e. The lowest BCUT2D eigenvalue weighted by Gasteiger charge is -2.18. The summed E-state index contributed by atoms with van der Waals surface area (Å²) in [6, 6.07) is 8.75. The zero-order valence-electron chi connectivity index (χ0n) is 13.4. The van der Waals surface area contributed by atoms with Gasteiger partial charge in [-0.05, 0) is 18.4 Å². The molecule has 1 rings (SSSR count). The molecule has 0 bridgehead atoms. The van der Waals surface area contributed by atoms with Crippen molar-refractivity contribution >= 4 is 17.8 Å². The van der Waals surface area contributed by atoms with Gasteiger partial charge in [0.05, 0.1) is 6.42 Å². The highest BCUT2D eigenvalue weighted by atomic mass is 16.4. The minimum atomic E-state index is -0.888. The summed E-state index contributed by atoms with van der Waals surface area (Å²) in [5.41, 5.74) is 0.891. The topological polar surface area (TPSA) is 95.5 Å². The lowest BCUT2D eigenvalue weighted by Crippen LogP contribution is -2.47. The fourth-order valence-electron chi connectivity index (χ4n) is 2.16. The number of aliphatic carboxylic acids is 1. The number of hydrogen-bond acceptors (Lipinski definition) is 3. The molecule has 0 radical (unpaired) electrons. The van der Waals surface area contributed by atoms with E-state index in [-0.39, 0.29) is 24.7 Å². The summed E-state index contributed by atoms with van der Waals surface area (Å²) in [5, 5.41) is 14.0. The number of amides is 2. The molecular formula is C17H24N2O4. The van der Waals surface area contributed by atoms with Gasteiger partial charge >= 0.3 is 5.97 Å². The molecule has 1 atom stereocenters. The summed E-state index contributed by atoms with van der Waals surface area (Å²) in [6.45, 7) is 2.23. The Morgan fingerprint density at radius 3 is 2.48 bits per heavy atom. The summed E-state index contributed by atoms with van der Waals surface area (Å²) < 4.78 is 0. The predicted molar refractivity (Wildman–Crippen MR) is 86.9 cm³/mol. The van der Waals surface area contributed by atoms with Crippen LogP contribution >= 0.6 is 0 Å². The molecule has 6 heteroatoms. The quantitative estimate of drug-likeness (QED) is 0.569. The van der Waals surface area contributed by atoms with Gasteiger partial charge in [-0.3, -0.25) is 14.4 Å². The number of benzene rings is 1. The van der Waals surface area contributed by atoms with Gasteiger partial charge in [0, 0.05) is 13.0 Å². The average Bonchev–Trinajstić information content (AvgIpc) is 2.51. The van der Waals surface area contributed by atoms with E-state index < -0.39 is 12.0 Å². The first-order valence-electron chi connectivity index (χ1n) is 7.85. The van der Waals surface area contributed by atoms with E-state index in [1.54, 1.807) is 0 Å². The molecule has 23 heavy (non-hydrogen) atoms. The molecule has 0 saturated heterocycles. The van der Waals surface area contributed by atoms with Crippen molar-refractivity contribution in [1.82, 2.24) is 10.6 Å². The first kappa shape index (κ1) is 18.7. The maximum atomic E-state index is 12.1. The zero-order chi connectivity index (χ0) is 17.1. The Bertz CT molecular complexity index is 517. The van der Waals surface area contributed by atoms with Crippen molar-refractivity contribution in [3.63, 3.8) is 0 Å². The molecule has 1 aromatic rings. The van der Waals surface area contributed by atoms with Crippen LogP contribution in [0.4, 0.5) is 0 Å². The smallest absolute Gasteiger partial charge is 0.303 e. The Kier molecular flexibility index (Phi) is 8.42. The van der Waals surface area contributed by atoms with Crippen LogP contribution in [0.25, 0.3) is 0 Å². The minimum absolute atomic E-state index is 0.0130. The Morgan fingerprint density at radius 1 is 1.17 bits per heavy atom. The molecule has 0 fully saturated rings. The predicted octanol–water partition coefficient (Wildman–Crippen LogP) is 1.49. The van der Waals surface area contributed by atoms with E-state index in [1.807, 2.05) is 37.3 Å². The Hall–Kier alpha value is -2.37. The van der Waals surface area contributed by atoms with Crippen molar-refractivity contribution in [2.24, 2.45) is 0 Å². The molecule has 6 nitrogen and oxygen atoms in total. The van der Waals surface area contributed by atoms with Crippen LogP contribution in [-0.4, -0.2) is 35.5 Å². The van der Waals surface area contributed by atoms with E-state index in [1.165, 1.54) is 0 Å². The van der Waals surface area contributed by atoms with Gasteiger partial charge in [0.2, 0.25) is 11.8 Å². The fourth-order valence-corrected chi connectivity index (χ4v) is 2.16. The van der Waals surface area contributed by atoms with Crippen molar-refractivity contribution in [3.8, 4) is 0 Å². The van der Waals surface area contributed by atoms with Crippen molar-refractivity contribution in [1.29, 1.82) is 0 Å². The maximum absolute atomic E-state index is 12.1. The third kappa shape index (κ3) is 7.99. The maximum Gasteiger partial charge on any atom is 0.303 e. The average molecular weight is 320 g/mol. The van der Waals surface area contributed by atoms with Crippen LogP contribution in [0.1, 0.15) is 38.2 Å².